The van der Waals surface area contributed by atoms with E-state index in [0.717, 1.165) is 0 Å². The minimum Gasteiger partial charge on any atom is -0.507 e. The van der Waals surface area contributed by atoms with Crippen LogP contribution in [0, 0.1) is 0 Å². The first-order chi connectivity index (χ1) is 6.57. The van der Waals surface area contributed by atoms with Crippen LogP contribution in [0.3, 0.4) is 0 Å². The summed E-state index contributed by atoms with van der Waals surface area (Å²) >= 11 is 0. The summed E-state index contributed by atoms with van der Waals surface area (Å²) in [5.41, 5.74) is 5.86. The van der Waals surface area contributed by atoms with Crippen molar-refractivity contribution >= 4 is 11.7 Å². The van der Waals surface area contributed by atoms with Crippen LogP contribution in [-0.2, 0) is 6.42 Å². The van der Waals surface area contributed by atoms with Crippen LogP contribution in [0.4, 0.5) is 5.69 Å². The number of benzene rings is 1. The molecular weight excluding hydrogens is 186 g/mol. The molecular formula is C9H11NO4. The average molecular weight is 197 g/mol. The average Bonchev–Trinajstić information content (AvgIpc) is 2.11. The molecule has 0 aromatic heterocycles. The molecule has 76 valence electrons. The van der Waals surface area contributed by atoms with Crippen LogP contribution >= 0.6 is 0 Å². The molecule has 5 nitrogen and oxygen atoms in total. The molecule has 0 spiro atoms. The number of carbonyl (C=O) groups is 1. The number of aliphatic hydroxyl groups is 1. The Morgan fingerprint density at radius 3 is 2.57 bits per heavy atom. The molecule has 0 saturated carbocycles. The van der Waals surface area contributed by atoms with Crippen molar-refractivity contribution in [1.82, 2.24) is 0 Å². The minimum atomic E-state index is -1.22. The Kier molecular flexibility index (Phi) is 2.93. The molecule has 0 atom stereocenters. The molecule has 0 unspecified atom stereocenters. The number of nitrogen functional groups attached to an aromatic ring is 1. The predicted molar refractivity (Wildman–Crippen MR) is 50.3 cm³/mol. The molecule has 5 N–H and O–H groups in total. The topological polar surface area (TPSA) is 104 Å². The second kappa shape index (κ2) is 3.97. The Balaban J connectivity index is 3.26. The van der Waals surface area contributed by atoms with Gasteiger partial charge in [-0.15, -0.1) is 0 Å². The number of hydrogen-bond donors (Lipinski definition) is 4. The number of aromatic carboxylic acids is 1. The maximum absolute atomic E-state index is 10.6. The van der Waals surface area contributed by atoms with Gasteiger partial charge in [0.1, 0.15) is 11.3 Å². The van der Waals surface area contributed by atoms with Crippen LogP contribution in [0.5, 0.6) is 5.75 Å². The predicted octanol–water partition coefficient (Wildman–Crippen LogP) is 0.207. The molecule has 0 aliphatic heterocycles. The number of aliphatic hydroxyl groups excluding tert-OH is 1. The monoisotopic (exact) mass is 197 g/mol. The summed E-state index contributed by atoms with van der Waals surface area (Å²) in [4.78, 5) is 10.6. The van der Waals surface area contributed by atoms with Gasteiger partial charge in [-0.2, -0.15) is 0 Å². The standard InChI is InChI=1S/C9H11NO4/c10-7-2-1-6(9(13)14)8(12)5(7)3-4-11/h1-2,11-12H,3-4,10H2,(H,13,14). The van der Waals surface area contributed by atoms with Crippen molar-refractivity contribution in [3.63, 3.8) is 0 Å². The Morgan fingerprint density at radius 2 is 2.07 bits per heavy atom. The Labute approximate surface area is 80.4 Å². The van der Waals surface area contributed by atoms with Gasteiger partial charge in [0.15, 0.2) is 0 Å². The van der Waals surface area contributed by atoms with Crippen LogP contribution in [0.25, 0.3) is 0 Å². The maximum Gasteiger partial charge on any atom is 0.339 e. The van der Waals surface area contributed by atoms with Crippen LogP contribution in [0.2, 0.25) is 0 Å². The van der Waals surface area contributed by atoms with E-state index < -0.39 is 5.97 Å². The van der Waals surface area contributed by atoms with Gasteiger partial charge in [-0.3, -0.25) is 0 Å². The second-order valence-corrected chi connectivity index (χ2v) is 2.81. The normalized spacial score (nSPS) is 10.1. The number of aromatic hydroxyl groups is 1. The molecule has 14 heavy (non-hydrogen) atoms. The Morgan fingerprint density at radius 1 is 1.43 bits per heavy atom. The lowest BCUT2D eigenvalue weighted by molar-refractivity contribution is 0.0693. The molecule has 0 fully saturated rings. The largest absolute Gasteiger partial charge is 0.507 e. The third-order valence-corrected chi connectivity index (χ3v) is 1.91. The highest BCUT2D eigenvalue weighted by Gasteiger charge is 2.15. The summed E-state index contributed by atoms with van der Waals surface area (Å²) in [6.07, 6.45) is 0.138. The van der Waals surface area contributed by atoms with E-state index in [9.17, 15) is 9.90 Å². The SMILES string of the molecule is Nc1ccc(C(=O)O)c(O)c1CCO. The Hall–Kier alpha value is -1.75. The fourth-order valence-electron chi connectivity index (χ4n) is 1.20. The third-order valence-electron chi connectivity index (χ3n) is 1.91. The zero-order valence-corrected chi connectivity index (χ0v) is 7.40. The van der Waals surface area contributed by atoms with Gasteiger partial charge >= 0.3 is 5.97 Å². The van der Waals surface area contributed by atoms with Crippen molar-refractivity contribution < 1.29 is 20.1 Å². The number of nitrogens with two attached hydrogens (primary N) is 1. The zero-order valence-electron chi connectivity index (χ0n) is 7.40. The van der Waals surface area contributed by atoms with Gasteiger partial charge in [0.25, 0.3) is 0 Å². The van der Waals surface area contributed by atoms with E-state index in [1.54, 1.807) is 0 Å². The molecule has 1 aromatic rings. The van der Waals surface area contributed by atoms with Crippen LogP contribution in [0.1, 0.15) is 15.9 Å². The number of phenols is 1. The van der Waals surface area contributed by atoms with Gasteiger partial charge in [-0.05, 0) is 12.1 Å². The third kappa shape index (κ3) is 1.77. The molecule has 1 aromatic carbocycles. The highest BCUT2D eigenvalue weighted by Crippen LogP contribution is 2.28. The number of carboxylic acid groups (broad SMARTS) is 1. The first-order valence-electron chi connectivity index (χ1n) is 4.02. The number of hydrogen-bond acceptors (Lipinski definition) is 4. The maximum atomic E-state index is 10.6. The van der Waals surface area contributed by atoms with E-state index in [-0.39, 0.29) is 35.6 Å². The molecule has 0 aliphatic rings. The fraction of sp³-hybridized carbons (Fsp3) is 0.222. The van der Waals surface area contributed by atoms with Gasteiger partial charge in [-0.25, -0.2) is 4.79 Å². The van der Waals surface area contributed by atoms with Gasteiger partial charge in [0, 0.05) is 24.3 Å². The second-order valence-electron chi connectivity index (χ2n) is 2.81. The smallest absolute Gasteiger partial charge is 0.339 e. The quantitative estimate of drug-likeness (QED) is 0.518. The molecule has 0 heterocycles. The summed E-state index contributed by atoms with van der Waals surface area (Å²) < 4.78 is 0. The Bertz CT molecular complexity index is 362. The summed E-state index contributed by atoms with van der Waals surface area (Å²) in [6.45, 7) is -0.194. The van der Waals surface area contributed by atoms with Crippen molar-refractivity contribution in [2.24, 2.45) is 0 Å². The van der Waals surface area contributed by atoms with Crippen molar-refractivity contribution in [2.45, 2.75) is 6.42 Å². The van der Waals surface area contributed by atoms with Crippen LogP contribution < -0.4 is 5.73 Å². The summed E-state index contributed by atoms with van der Waals surface area (Å²) in [5.74, 6) is -1.59. The molecule has 0 bridgehead atoms. The zero-order chi connectivity index (χ0) is 10.7. The van der Waals surface area contributed by atoms with E-state index in [2.05, 4.69) is 0 Å². The summed E-state index contributed by atoms with van der Waals surface area (Å²) in [5, 5.41) is 26.9. The molecule has 0 saturated heterocycles. The van der Waals surface area contributed by atoms with E-state index in [4.69, 9.17) is 15.9 Å². The van der Waals surface area contributed by atoms with E-state index >= 15 is 0 Å². The van der Waals surface area contributed by atoms with E-state index in [0.29, 0.717) is 0 Å². The molecule has 5 heteroatoms. The van der Waals surface area contributed by atoms with Crippen molar-refractivity contribution in [2.75, 3.05) is 12.3 Å². The lowest BCUT2D eigenvalue weighted by atomic mass is 10.0. The minimum absolute atomic E-state index is 0.138. The van der Waals surface area contributed by atoms with Gasteiger partial charge in [0.05, 0.1) is 0 Å². The lowest BCUT2D eigenvalue weighted by Crippen LogP contribution is -2.04. The molecule has 1 rings (SSSR count). The van der Waals surface area contributed by atoms with Crippen molar-refractivity contribution in [1.29, 1.82) is 0 Å². The number of anilines is 1. The van der Waals surface area contributed by atoms with E-state index in [1.807, 2.05) is 0 Å². The van der Waals surface area contributed by atoms with Crippen LogP contribution in [0.15, 0.2) is 12.1 Å². The lowest BCUT2D eigenvalue weighted by Gasteiger charge is -2.08. The number of carboxylic acids is 1. The first-order valence-corrected chi connectivity index (χ1v) is 4.02. The van der Waals surface area contributed by atoms with Gasteiger partial charge in [-0.1, -0.05) is 0 Å². The highest BCUT2D eigenvalue weighted by molar-refractivity contribution is 5.92. The summed E-state index contributed by atoms with van der Waals surface area (Å²) in [6, 6.07) is 2.63. The first kappa shape index (κ1) is 10.3. The van der Waals surface area contributed by atoms with Gasteiger partial charge in [0.2, 0.25) is 0 Å². The van der Waals surface area contributed by atoms with Crippen LogP contribution in [-0.4, -0.2) is 27.9 Å². The molecule has 0 aliphatic carbocycles. The van der Waals surface area contributed by atoms with Gasteiger partial charge < -0.3 is 21.1 Å². The fourth-order valence-corrected chi connectivity index (χ4v) is 1.20. The van der Waals surface area contributed by atoms with Crippen molar-refractivity contribution in [3.05, 3.63) is 23.3 Å². The molecule has 0 radical (unpaired) electrons. The highest BCUT2D eigenvalue weighted by atomic mass is 16.4. The number of rotatable bonds is 3. The summed E-state index contributed by atoms with van der Waals surface area (Å²) in [7, 11) is 0. The molecule has 0 amide bonds. The van der Waals surface area contributed by atoms with Crippen molar-refractivity contribution in [3.8, 4) is 5.75 Å². The van der Waals surface area contributed by atoms with E-state index in [1.165, 1.54) is 12.1 Å².